The Morgan fingerprint density at radius 1 is 1.36 bits per heavy atom. The Bertz CT molecular complexity index is 753. The van der Waals surface area contributed by atoms with Crippen molar-refractivity contribution >= 4 is 5.91 Å². The van der Waals surface area contributed by atoms with E-state index in [9.17, 15) is 9.90 Å². The van der Waals surface area contributed by atoms with Crippen molar-refractivity contribution in [3.05, 3.63) is 41.7 Å². The fraction of sp³-hybridized carbons (Fsp3) is 0.444. The number of para-hydroxylation sites is 1. The number of aryl methyl sites for hydroxylation is 1. The zero-order valence-corrected chi connectivity index (χ0v) is 14.6. The molecule has 0 radical (unpaired) electrons. The largest absolute Gasteiger partial charge is 0.493 e. The number of nitrogens with zero attached hydrogens (tertiary/aromatic N) is 2. The first-order valence-electron chi connectivity index (χ1n) is 8.22. The van der Waals surface area contributed by atoms with Gasteiger partial charge in [-0.15, -0.1) is 0 Å². The topological polar surface area (TPSA) is 85.6 Å². The molecule has 1 aliphatic rings. The smallest absolute Gasteiger partial charge is 0.255 e. The van der Waals surface area contributed by atoms with E-state index in [1.165, 1.54) is 14.2 Å². The lowest BCUT2D eigenvalue weighted by Crippen LogP contribution is -2.41. The third kappa shape index (κ3) is 3.46. The van der Waals surface area contributed by atoms with Crippen molar-refractivity contribution in [2.45, 2.75) is 25.0 Å². The Morgan fingerprint density at radius 2 is 2.12 bits per heavy atom. The van der Waals surface area contributed by atoms with Gasteiger partial charge in [0.05, 0.1) is 38.1 Å². The highest BCUT2D eigenvalue weighted by molar-refractivity contribution is 5.98. The number of hydrogen-bond acceptors (Lipinski definition) is 5. The minimum Gasteiger partial charge on any atom is -0.493 e. The molecular weight excluding hydrogens is 322 g/mol. The minimum atomic E-state index is -0.299. The van der Waals surface area contributed by atoms with Gasteiger partial charge in [0.25, 0.3) is 5.91 Å². The van der Waals surface area contributed by atoms with Gasteiger partial charge in [0.15, 0.2) is 11.5 Å². The van der Waals surface area contributed by atoms with Crippen LogP contribution in [0.15, 0.2) is 30.6 Å². The number of benzene rings is 1. The van der Waals surface area contributed by atoms with E-state index in [1.807, 2.05) is 13.2 Å². The monoisotopic (exact) mass is 345 g/mol. The summed E-state index contributed by atoms with van der Waals surface area (Å²) in [6, 6.07) is 4.99. The SMILES string of the molecule is COc1cccc(C(=O)N[C@@H](c2cnn(C)c2)C2CC(O)C2)c1OC. The van der Waals surface area contributed by atoms with E-state index < -0.39 is 0 Å². The average Bonchev–Trinajstić information content (AvgIpc) is 3.02. The zero-order chi connectivity index (χ0) is 18.0. The van der Waals surface area contributed by atoms with Crippen molar-refractivity contribution in [3.8, 4) is 11.5 Å². The van der Waals surface area contributed by atoms with Crippen LogP contribution in [0, 0.1) is 5.92 Å². The molecule has 0 aliphatic heterocycles. The van der Waals surface area contributed by atoms with Gasteiger partial charge in [0.1, 0.15) is 0 Å². The maximum atomic E-state index is 12.9. The summed E-state index contributed by atoms with van der Waals surface area (Å²) in [5.74, 6) is 0.846. The number of ether oxygens (including phenoxy) is 2. The predicted octanol–water partition coefficient (Wildman–Crippen LogP) is 1.68. The number of amides is 1. The van der Waals surface area contributed by atoms with Crippen molar-refractivity contribution in [2.75, 3.05) is 14.2 Å². The molecule has 2 N–H and O–H groups in total. The molecule has 1 heterocycles. The van der Waals surface area contributed by atoms with Crippen molar-refractivity contribution in [3.63, 3.8) is 0 Å². The maximum Gasteiger partial charge on any atom is 0.255 e. The van der Waals surface area contributed by atoms with Gasteiger partial charge in [-0.25, -0.2) is 0 Å². The fourth-order valence-corrected chi connectivity index (χ4v) is 3.26. The number of carbonyl (C=O) groups excluding carboxylic acids is 1. The Morgan fingerprint density at radius 3 is 2.68 bits per heavy atom. The van der Waals surface area contributed by atoms with Crippen LogP contribution in [0.1, 0.15) is 34.8 Å². The van der Waals surface area contributed by atoms with E-state index >= 15 is 0 Å². The molecule has 1 aromatic heterocycles. The number of methoxy groups -OCH3 is 2. The lowest BCUT2D eigenvalue weighted by molar-refractivity contribution is 0.0235. The normalized spacial score (nSPS) is 20.5. The van der Waals surface area contributed by atoms with E-state index in [4.69, 9.17) is 9.47 Å². The van der Waals surface area contributed by atoms with Crippen molar-refractivity contribution in [1.29, 1.82) is 0 Å². The van der Waals surface area contributed by atoms with E-state index in [-0.39, 0.29) is 24.0 Å². The standard InChI is InChI=1S/C18H23N3O4/c1-21-10-12(9-19-21)16(11-7-13(22)8-11)20-18(23)14-5-4-6-15(24-2)17(14)25-3/h4-6,9-11,13,16,22H,7-8H2,1-3H3,(H,20,23)/t11?,13?,16-/m1/s1. The molecule has 1 aromatic carbocycles. The highest BCUT2D eigenvalue weighted by atomic mass is 16.5. The van der Waals surface area contributed by atoms with E-state index in [2.05, 4.69) is 10.4 Å². The summed E-state index contributed by atoms with van der Waals surface area (Å²) in [5, 5.41) is 16.9. The average molecular weight is 345 g/mol. The highest BCUT2D eigenvalue weighted by Crippen LogP contribution is 2.39. The lowest BCUT2D eigenvalue weighted by Gasteiger charge is -2.37. The van der Waals surface area contributed by atoms with Gasteiger partial charge in [-0.1, -0.05) is 6.07 Å². The van der Waals surface area contributed by atoms with Crippen LogP contribution < -0.4 is 14.8 Å². The first kappa shape index (κ1) is 17.3. The lowest BCUT2D eigenvalue weighted by atomic mass is 9.75. The third-order valence-electron chi connectivity index (χ3n) is 4.64. The molecule has 1 aliphatic carbocycles. The predicted molar refractivity (Wildman–Crippen MR) is 91.7 cm³/mol. The second-order valence-electron chi connectivity index (χ2n) is 6.32. The quantitative estimate of drug-likeness (QED) is 0.832. The van der Waals surface area contributed by atoms with Crippen LogP contribution in [0.5, 0.6) is 11.5 Å². The van der Waals surface area contributed by atoms with Crippen LogP contribution in [0.25, 0.3) is 0 Å². The minimum absolute atomic E-state index is 0.180. The summed E-state index contributed by atoms with van der Waals surface area (Å²) in [7, 11) is 4.88. The highest BCUT2D eigenvalue weighted by Gasteiger charge is 2.36. The van der Waals surface area contributed by atoms with Crippen LogP contribution >= 0.6 is 0 Å². The molecule has 134 valence electrons. The molecule has 1 saturated carbocycles. The molecule has 0 unspecified atom stereocenters. The Balaban J connectivity index is 1.86. The number of aromatic nitrogens is 2. The number of nitrogens with one attached hydrogen (secondary N) is 1. The molecule has 1 amide bonds. The van der Waals surface area contributed by atoms with E-state index in [0.717, 1.165) is 5.56 Å². The van der Waals surface area contributed by atoms with Crippen LogP contribution in [0.2, 0.25) is 0 Å². The summed E-state index contributed by atoms with van der Waals surface area (Å²) < 4.78 is 12.3. The van der Waals surface area contributed by atoms with Crippen LogP contribution in [-0.4, -0.2) is 41.1 Å². The summed E-state index contributed by atoms with van der Waals surface area (Å²) in [6.07, 6.45) is 4.66. The Labute approximate surface area is 146 Å². The molecule has 1 atom stereocenters. The Kier molecular flexibility index (Phi) is 4.94. The molecule has 2 aromatic rings. The molecule has 25 heavy (non-hydrogen) atoms. The van der Waals surface area contributed by atoms with E-state index in [0.29, 0.717) is 29.9 Å². The van der Waals surface area contributed by atoms with Gasteiger partial charge in [-0.3, -0.25) is 9.48 Å². The number of aliphatic hydroxyl groups is 1. The van der Waals surface area contributed by atoms with Crippen LogP contribution in [0.4, 0.5) is 0 Å². The zero-order valence-electron chi connectivity index (χ0n) is 14.6. The maximum absolute atomic E-state index is 12.9. The summed E-state index contributed by atoms with van der Waals surface area (Å²) in [5.41, 5.74) is 1.34. The van der Waals surface area contributed by atoms with Gasteiger partial charge in [-0.2, -0.15) is 5.10 Å². The molecular formula is C18H23N3O4. The van der Waals surface area contributed by atoms with Crippen LogP contribution in [0.3, 0.4) is 0 Å². The summed E-state index contributed by atoms with van der Waals surface area (Å²) >= 11 is 0. The molecule has 0 saturated heterocycles. The molecule has 1 fully saturated rings. The number of rotatable bonds is 6. The van der Waals surface area contributed by atoms with Crippen LogP contribution in [-0.2, 0) is 7.05 Å². The first-order chi connectivity index (χ1) is 12.0. The number of hydrogen-bond donors (Lipinski definition) is 2. The molecule has 7 heteroatoms. The summed E-state index contributed by atoms with van der Waals surface area (Å²) in [6.45, 7) is 0. The van der Waals surface area contributed by atoms with Gasteiger partial charge < -0.3 is 19.9 Å². The molecule has 3 rings (SSSR count). The molecule has 0 spiro atoms. The number of carbonyl (C=O) groups is 1. The van der Waals surface area contributed by atoms with Gasteiger partial charge in [-0.05, 0) is 30.9 Å². The van der Waals surface area contributed by atoms with Crippen molar-refractivity contribution in [1.82, 2.24) is 15.1 Å². The van der Waals surface area contributed by atoms with Gasteiger partial charge >= 0.3 is 0 Å². The van der Waals surface area contributed by atoms with Gasteiger partial charge in [0.2, 0.25) is 0 Å². The Hall–Kier alpha value is -2.54. The first-order valence-corrected chi connectivity index (χ1v) is 8.22. The molecule has 7 nitrogen and oxygen atoms in total. The van der Waals surface area contributed by atoms with Crippen molar-refractivity contribution < 1.29 is 19.4 Å². The van der Waals surface area contributed by atoms with Gasteiger partial charge in [0, 0.05) is 18.8 Å². The second-order valence-corrected chi connectivity index (χ2v) is 6.32. The summed E-state index contributed by atoms with van der Waals surface area (Å²) in [4.78, 5) is 12.9. The van der Waals surface area contributed by atoms with Crippen molar-refractivity contribution in [2.24, 2.45) is 13.0 Å². The second kappa shape index (κ2) is 7.14. The molecule has 0 bridgehead atoms. The van der Waals surface area contributed by atoms with E-state index in [1.54, 1.807) is 29.1 Å². The fourth-order valence-electron chi connectivity index (χ4n) is 3.26. The third-order valence-corrected chi connectivity index (χ3v) is 4.64. The number of aliphatic hydroxyl groups excluding tert-OH is 1.